The van der Waals surface area contributed by atoms with E-state index in [-0.39, 0.29) is 5.57 Å². The van der Waals surface area contributed by atoms with Gasteiger partial charge in [0.15, 0.2) is 0 Å². The van der Waals surface area contributed by atoms with E-state index in [1.807, 2.05) is 18.2 Å². The molecule has 22 heavy (non-hydrogen) atoms. The maximum Gasteiger partial charge on any atom is 0.263 e. The van der Waals surface area contributed by atoms with Crippen LogP contribution in [0.1, 0.15) is 5.56 Å². The lowest BCUT2D eigenvalue weighted by Crippen LogP contribution is -2.24. The summed E-state index contributed by atoms with van der Waals surface area (Å²) in [5.41, 5.74) is 0.868. The van der Waals surface area contributed by atoms with Crippen molar-refractivity contribution in [3.05, 3.63) is 71.0 Å². The van der Waals surface area contributed by atoms with Crippen LogP contribution in [0.5, 0.6) is 0 Å². The van der Waals surface area contributed by atoms with Crippen molar-refractivity contribution in [1.82, 2.24) is 10.3 Å². The second kappa shape index (κ2) is 7.81. The first kappa shape index (κ1) is 15.5. The molecule has 0 saturated heterocycles. The summed E-state index contributed by atoms with van der Waals surface area (Å²) in [7, 11) is 0. The van der Waals surface area contributed by atoms with Crippen LogP contribution in [0.15, 0.2) is 60.4 Å². The highest BCUT2D eigenvalue weighted by Crippen LogP contribution is 2.09. The number of anilines is 1. The maximum absolute atomic E-state index is 11.9. The molecule has 0 fully saturated rings. The highest BCUT2D eigenvalue weighted by Gasteiger charge is 2.08. The van der Waals surface area contributed by atoms with Crippen LogP contribution in [-0.2, 0) is 11.3 Å². The van der Waals surface area contributed by atoms with Crippen molar-refractivity contribution in [3.63, 3.8) is 0 Å². The van der Waals surface area contributed by atoms with Crippen molar-refractivity contribution in [2.75, 3.05) is 5.32 Å². The van der Waals surface area contributed by atoms with Crippen molar-refractivity contribution in [2.24, 2.45) is 0 Å². The molecule has 5 nitrogen and oxygen atoms in total. The molecule has 0 bridgehead atoms. The molecular weight excluding hydrogens is 300 g/mol. The number of rotatable bonds is 5. The number of aromatic nitrogens is 1. The number of nitrogens with one attached hydrogen (secondary N) is 2. The molecule has 1 amide bonds. The van der Waals surface area contributed by atoms with Gasteiger partial charge >= 0.3 is 0 Å². The minimum Gasteiger partial charge on any atom is -0.347 e. The number of amides is 1. The van der Waals surface area contributed by atoms with E-state index in [4.69, 9.17) is 16.9 Å². The molecule has 6 heteroatoms. The number of hydrogen-bond donors (Lipinski definition) is 2. The monoisotopic (exact) mass is 312 g/mol. The average Bonchev–Trinajstić information content (AvgIpc) is 2.56. The third-order valence-corrected chi connectivity index (χ3v) is 3.01. The fraction of sp³-hybridized carbons (Fsp3) is 0.0625. The third-order valence-electron chi connectivity index (χ3n) is 2.76. The van der Waals surface area contributed by atoms with Crippen LogP contribution in [0.2, 0.25) is 5.02 Å². The van der Waals surface area contributed by atoms with Crippen LogP contribution >= 0.6 is 11.6 Å². The van der Waals surface area contributed by atoms with Gasteiger partial charge in [0.2, 0.25) is 0 Å². The molecule has 1 aromatic heterocycles. The summed E-state index contributed by atoms with van der Waals surface area (Å²) in [6.45, 7) is 0.318. The molecule has 0 atom stereocenters. The lowest BCUT2D eigenvalue weighted by Gasteiger charge is -2.05. The number of benzene rings is 1. The van der Waals surface area contributed by atoms with Gasteiger partial charge in [-0.15, -0.1) is 0 Å². The molecule has 0 unspecified atom stereocenters. The van der Waals surface area contributed by atoms with Crippen LogP contribution in [0.25, 0.3) is 0 Å². The van der Waals surface area contributed by atoms with E-state index >= 15 is 0 Å². The normalized spacial score (nSPS) is 10.6. The van der Waals surface area contributed by atoms with Crippen LogP contribution in [0.3, 0.4) is 0 Å². The van der Waals surface area contributed by atoms with Crippen molar-refractivity contribution >= 4 is 23.3 Å². The molecule has 0 radical (unpaired) electrons. The topological polar surface area (TPSA) is 77.8 Å². The van der Waals surface area contributed by atoms with E-state index < -0.39 is 5.91 Å². The van der Waals surface area contributed by atoms with Gasteiger partial charge in [-0.25, -0.2) is 4.98 Å². The molecule has 1 aromatic carbocycles. The standard InChI is InChI=1S/C16H13ClN4O/c17-14-6-4-12(5-7-14)10-21-16(22)13(9-18)11-20-15-3-1-2-8-19-15/h1-8,11H,10H2,(H,19,20)(H,21,22)/b13-11-. The zero-order valence-corrected chi connectivity index (χ0v) is 12.3. The molecule has 0 aliphatic heterocycles. The SMILES string of the molecule is N#C/C(=C/Nc1ccccn1)C(=O)NCc1ccc(Cl)cc1. The number of pyridine rings is 1. The first-order chi connectivity index (χ1) is 10.7. The van der Waals surface area contributed by atoms with Gasteiger partial charge in [0, 0.05) is 24.0 Å². The third kappa shape index (κ3) is 4.62. The quantitative estimate of drug-likeness (QED) is 0.657. The summed E-state index contributed by atoms with van der Waals surface area (Å²) in [4.78, 5) is 16.0. The first-order valence-electron chi connectivity index (χ1n) is 6.49. The summed E-state index contributed by atoms with van der Waals surface area (Å²) in [5.74, 6) is 0.0987. The van der Waals surface area contributed by atoms with Crippen molar-refractivity contribution in [3.8, 4) is 6.07 Å². The van der Waals surface area contributed by atoms with E-state index in [0.29, 0.717) is 17.4 Å². The highest BCUT2D eigenvalue weighted by molar-refractivity contribution is 6.30. The van der Waals surface area contributed by atoms with Crippen molar-refractivity contribution < 1.29 is 4.79 Å². The molecule has 0 aliphatic rings. The number of carbonyl (C=O) groups is 1. The molecule has 0 aliphatic carbocycles. The molecule has 0 spiro atoms. The Morgan fingerprint density at radius 2 is 2.05 bits per heavy atom. The molecule has 2 aromatic rings. The molecule has 110 valence electrons. The predicted octanol–water partition coefficient (Wildman–Crippen LogP) is 2.87. The Labute approximate surface area is 133 Å². The van der Waals surface area contributed by atoms with Gasteiger partial charge in [0.1, 0.15) is 17.5 Å². The Balaban J connectivity index is 1.94. The predicted molar refractivity (Wildman–Crippen MR) is 84.9 cm³/mol. The van der Waals surface area contributed by atoms with Crippen LogP contribution in [-0.4, -0.2) is 10.9 Å². The van der Waals surface area contributed by atoms with Gasteiger partial charge in [0.25, 0.3) is 5.91 Å². The second-order valence-corrected chi connectivity index (χ2v) is 4.77. The number of nitriles is 1. The number of hydrogen-bond acceptors (Lipinski definition) is 4. The van der Waals surface area contributed by atoms with Crippen molar-refractivity contribution in [2.45, 2.75) is 6.54 Å². The Hall–Kier alpha value is -2.84. The smallest absolute Gasteiger partial charge is 0.263 e. The lowest BCUT2D eigenvalue weighted by molar-refractivity contribution is -0.117. The summed E-state index contributed by atoms with van der Waals surface area (Å²) < 4.78 is 0. The Morgan fingerprint density at radius 1 is 1.27 bits per heavy atom. The Morgan fingerprint density at radius 3 is 2.68 bits per heavy atom. The van der Waals surface area contributed by atoms with E-state index in [9.17, 15) is 4.79 Å². The minimum atomic E-state index is -0.458. The highest BCUT2D eigenvalue weighted by atomic mass is 35.5. The van der Waals surface area contributed by atoms with Crippen LogP contribution < -0.4 is 10.6 Å². The molecule has 1 heterocycles. The van der Waals surface area contributed by atoms with Crippen molar-refractivity contribution in [1.29, 1.82) is 5.26 Å². The number of halogens is 1. The zero-order valence-electron chi connectivity index (χ0n) is 11.6. The minimum absolute atomic E-state index is 0.0281. The summed E-state index contributed by atoms with van der Waals surface area (Å²) in [6.07, 6.45) is 2.95. The molecule has 2 rings (SSSR count). The second-order valence-electron chi connectivity index (χ2n) is 4.34. The zero-order chi connectivity index (χ0) is 15.8. The van der Waals surface area contributed by atoms with Gasteiger partial charge in [-0.1, -0.05) is 29.8 Å². The average molecular weight is 313 g/mol. The first-order valence-corrected chi connectivity index (χ1v) is 6.87. The summed E-state index contributed by atoms with van der Waals surface area (Å²) in [6, 6.07) is 14.3. The molecular formula is C16H13ClN4O. The maximum atomic E-state index is 11.9. The van der Waals surface area contributed by atoms with Gasteiger partial charge in [-0.3, -0.25) is 4.79 Å². The van der Waals surface area contributed by atoms with Gasteiger partial charge in [-0.2, -0.15) is 5.26 Å². The Kier molecular flexibility index (Phi) is 5.52. The van der Waals surface area contributed by atoms with E-state index in [0.717, 1.165) is 5.56 Å². The van der Waals surface area contributed by atoms with Gasteiger partial charge < -0.3 is 10.6 Å². The lowest BCUT2D eigenvalue weighted by atomic mass is 10.2. The summed E-state index contributed by atoms with van der Waals surface area (Å²) in [5, 5.41) is 15.2. The summed E-state index contributed by atoms with van der Waals surface area (Å²) >= 11 is 5.79. The largest absolute Gasteiger partial charge is 0.347 e. The molecule has 2 N–H and O–H groups in total. The van der Waals surface area contributed by atoms with Gasteiger partial charge in [-0.05, 0) is 29.8 Å². The fourth-order valence-corrected chi connectivity index (χ4v) is 1.75. The van der Waals surface area contributed by atoms with Crippen LogP contribution in [0.4, 0.5) is 5.82 Å². The van der Waals surface area contributed by atoms with E-state index in [1.54, 1.807) is 36.5 Å². The number of carbonyl (C=O) groups excluding carboxylic acids is 1. The Bertz CT molecular complexity index is 705. The van der Waals surface area contributed by atoms with Gasteiger partial charge in [0.05, 0.1) is 0 Å². The molecule has 0 saturated carbocycles. The number of nitrogens with zero attached hydrogens (tertiary/aromatic N) is 2. The van der Waals surface area contributed by atoms with E-state index in [2.05, 4.69) is 15.6 Å². The van der Waals surface area contributed by atoms with E-state index in [1.165, 1.54) is 6.20 Å². The fourth-order valence-electron chi connectivity index (χ4n) is 1.62. The van der Waals surface area contributed by atoms with Crippen LogP contribution in [0, 0.1) is 11.3 Å².